The average Bonchev–Trinajstić information content (AvgIpc) is 2.46. The molecule has 1 atom stereocenters. The first-order valence-electron chi connectivity index (χ1n) is 7.43. The van der Waals surface area contributed by atoms with Crippen molar-refractivity contribution in [2.45, 2.75) is 45.3 Å². The van der Waals surface area contributed by atoms with Gasteiger partial charge in [0, 0.05) is 5.54 Å². The van der Waals surface area contributed by atoms with Crippen molar-refractivity contribution >= 4 is 5.69 Å². The quantitative estimate of drug-likeness (QED) is 0.746. The van der Waals surface area contributed by atoms with Crippen LogP contribution in [0.5, 0.6) is 5.75 Å². The first-order chi connectivity index (χ1) is 9.54. The minimum Gasteiger partial charge on any atom is -0.486 e. The van der Waals surface area contributed by atoms with Gasteiger partial charge >= 0.3 is 0 Å². The Bertz CT molecular complexity index is 446. The number of fused-ring (bicyclic) bond motifs is 1. The summed E-state index contributed by atoms with van der Waals surface area (Å²) >= 11 is 0. The molecule has 1 unspecified atom stereocenters. The molecule has 0 aliphatic carbocycles. The minimum absolute atomic E-state index is 0.144. The summed E-state index contributed by atoms with van der Waals surface area (Å²) in [6.45, 7) is 8.01. The molecular weight excluding hydrogens is 252 g/mol. The second-order valence-corrected chi connectivity index (χ2v) is 6.08. The van der Waals surface area contributed by atoms with E-state index in [9.17, 15) is 5.11 Å². The van der Waals surface area contributed by atoms with Gasteiger partial charge < -0.3 is 20.5 Å². The molecule has 1 aliphatic rings. The number of aliphatic hydroxyl groups is 1. The highest BCUT2D eigenvalue weighted by atomic mass is 16.5. The molecule has 0 aromatic heterocycles. The van der Waals surface area contributed by atoms with Crippen LogP contribution >= 0.6 is 0 Å². The Morgan fingerprint density at radius 3 is 2.95 bits per heavy atom. The molecule has 4 nitrogen and oxygen atoms in total. The van der Waals surface area contributed by atoms with Crippen LogP contribution in [0.3, 0.4) is 0 Å². The van der Waals surface area contributed by atoms with Gasteiger partial charge in [-0.15, -0.1) is 0 Å². The maximum atomic E-state index is 9.21. The third kappa shape index (κ3) is 3.87. The van der Waals surface area contributed by atoms with Crippen LogP contribution in [-0.4, -0.2) is 36.4 Å². The molecule has 4 heteroatoms. The van der Waals surface area contributed by atoms with E-state index in [1.165, 1.54) is 5.56 Å². The molecule has 20 heavy (non-hydrogen) atoms. The molecule has 1 aromatic carbocycles. The Morgan fingerprint density at radius 2 is 2.25 bits per heavy atom. The fraction of sp³-hybridized carbons (Fsp3) is 0.625. The molecule has 1 heterocycles. The van der Waals surface area contributed by atoms with Gasteiger partial charge in [-0.3, -0.25) is 0 Å². The zero-order valence-corrected chi connectivity index (χ0v) is 12.7. The predicted molar refractivity (Wildman–Crippen MR) is 82.5 cm³/mol. The van der Waals surface area contributed by atoms with Crippen molar-refractivity contribution in [1.82, 2.24) is 5.32 Å². The van der Waals surface area contributed by atoms with E-state index in [2.05, 4.69) is 35.8 Å². The Hall–Kier alpha value is -1.26. The number of rotatable bonds is 6. The number of hydrogen-bond acceptors (Lipinski definition) is 4. The lowest BCUT2D eigenvalue weighted by Gasteiger charge is -2.27. The van der Waals surface area contributed by atoms with E-state index >= 15 is 0 Å². The number of hydrogen-bond donors (Lipinski definition) is 3. The van der Waals surface area contributed by atoms with Crippen molar-refractivity contribution in [3.8, 4) is 5.75 Å². The smallest absolute Gasteiger partial charge is 0.142 e. The van der Waals surface area contributed by atoms with Gasteiger partial charge in [-0.1, -0.05) is 13.0 Å². The first kappa shape index (κ1) is 15.1. The Labute approximate surface area is 121 Å². The lowest BCUT2D eigenvalue weighted by atomic mass is 10.1. The molecule has 112 valence electrons. The highest BCUT2D eigenvalue weighted by Gasteiger charge is 2.18. The highest BCUT2D eigenvalue weighted by Crippen LogP contribution is 2.30. The van der Waals surface area contributed by atoms with E-state index in [1.807, 2.05) is 13.8 Å². The van der Waals surface area contributed by atoms with E-state index in [0.717, 1.165) is 37.4 Å². The second-order valence-electron chi connectivity index (χ2n) is 6.08. The van der Waals surface area contributed by atoms with Crippen LogP contribution < -0.4 is 15.4 Å². The summed E-state index contributed by atoms with van der Waals surface area (Å²) in [5, 5.41) is 16.0. The van der Waals surface area contributed by atoms with Crippen LogP contribution in [0.2, 0.25) is 0 Å². The summed E-state index contributed by atoms with van der Waals surface area (Å²) in [5.41, 5.74) is 2.15. The van der Waals surface area contributed by atoms with Crippen LogP contribution in [0.4, 0.5) is 5.69 Å². The molecule has 1 aliphatic heterocycles. The SMILES string of the molecule is CCC1CNc2cc(CCNC(C)(C)CO)ccc2O1. The molecule has 0 saturated carbocycles. The van der Waals surface area contributed by atoms with Crippen molar-refractivity contribution in [2.24, 2.45) is 0 Å². The van der Waals surface area contributed by atoms with E-state index in [1.54, 1.807) is 0 Å². The summed E-state index contributed by atoms with van der Waals surface area (Å²) in [5.74, 6) is 0.954. The van der Waals surface area contributed by atoms with Crippen molar-refractivity contribution in [1.29, 1.82) is 0 Å². The number of nitrogens with one attached hydrogen (secondary N) is 2. The number of ether oxygens (including phenoxy) is 1. The lowest BCUT2D eigenvalue weighted by molar-refractivity contribution is 0.189. The van der Waals surface area contributed by atoms with Crippen molar-refractivity contribution in [2.75, 3.05) is 25.0 Å². The average molecular weight is 278 g/mol. The molecule has 1 aromatic rings. The van der Waals surface area contributed by atoms with E-state index in [0.29, 0.717) is 0 Å². The zero-order chi connectivity index (χ0) is 14.6. The van der Waals surface area contributed by atoms with Gasteiger partial charge in [0.25, 0.3) is 0 Å². The van der Waals surface area contributed by atoms with Crippen LogP contribution in [0.25, 0.3) is 0 Å². The predicted octanol–water partition coefficient (Wildman–Crippen LogP) is 2.17. The van der Waals surface area contributed by atoms with Gasteiger partial charge in [0.05, 0.1) is 18.8 Å². The van der Waals surface area contributed by atoms with E-state index in [-0.39, 0.29) is 18.2 Å². The standard InChI is InChI=1S/C16H26N2O2/c1-4-13-10-17-14-9-12(5-6-15(14)20-13)7-8-18-16(2,3)11-19/h5-6,9,13,17-19H,4,7-8,10-11H2,1-3H3. The largest absolute Gasteiger partial charge is 0.486 e. The third-order valence-electron chi connectivity index (χ3n) is 3.73. The summed E-state index contributed by atoms with van der Waals surface area (Å²) in [6.07, 6.45) is 2.24. The molecule has 0 fully saturated rings. The lowest BCUT2D eigenvalue weighted by Crippen LogP contribution is -2.43. The number of benzene rings is 1. The third-order valence-corrected chi connectivity index (χ3v) is 3.73. The van der Waals surface area contributed by atoms with Crippen LogP contribution in [0, 0.1) is 0 Å². The zero-order valence-electron chi connectivity index (χ0n) is 12.7. The Morgan fingerprint density at radius 1 is 1.45 bits per heavy atom. The summed E-state index contributed by atoms with van der Waals surface area (Å²) in [7, 11) is 0. The van der Waals surface area contributed by atoms with Crippen LogP contribution in [-0.2, 0) is 6.42 Å². The molecule has 0 radical (unpaired) electrons. The first-order valence-corrected chi connectivity index (χ1v) is 7.43. The van der Waals surface area contributed by atoms with Crippen molar-refractivity contribution in [3.63, 3.8) is 0 Å². The molecule has 0 amide bonds. The number of anilines is 1. The molecular formula is C16H26N2O2. The van der Waals surface area contributed by atoms with Gasteiger partial charge in [0.1, 0.15) is 11.9 Å². The van der Waals surface area contributed by atoms with E-state index in [4.69, 9.17) is 4.74 Å². The van der Waals surface area contributed by atoms with Crippen LogP contribution in [0.15, 0.2) is 18.2 Å². The summed E-state index contributed by atoms with van der Waals surface area (Å²) in [6, 6.07) is 6.33. The molecule has 0 bridgehead atoms. The van der Waals surface area contributed by atoms with Gasteiger partial charge in [-0.05, 0) is 50.9 Å². The molecule has 0 spiro atoms. The maximum absolute atomic E-state index is 9.21. The van der Waals surface area contributed by atoms with Gasteiger partial charge in [0.15, 0.2) is 0 Å². The summed E-state index contributed by atoms with van der Waals surface area (Å²) in [4.78, 5) is 0. The summed E-state index contributed by atoms with van der Waals surface area (Å²) < 4.78 is 5.90. The normalized spacial score (nSPS) is 18.1. The topological polar surface area (TPSA) is 53.5 Å². The molecule has 3 N–H and O–H groups in total. The fourth-order valence-electron chi connectivity index (χ4n) is 2.25. The molecule has 2 rings (SSSR count). The number of aliphatic hydroxyl groups excluding tert-OH is 1. The second kappa shape index (κ2) is 6.46. The molecule has 0 saturated heterocycles. The Balaban J connectivity index is 1.92. The van der Waals surface area contributed by atoms with Gasteiger partial charge in [0.2, 0.25) is 0 Å². The van der Waals surface area contributed by atoms with Crippen LogP contribution in [0.1, 0.15) is 32.8 Å². The highest BCUT2D eigenvalue weighted by molar-refractivity contribution is 5.59. The van der Waals surface area contributed by atoms with Crippen molar-refractivity contribution < 1.29 is 9.84 Å². The minimum atomic E-state index is -0.218. The van der Waals surface area contributed by atoms with E-state index < -0.39 is 0 Å². The monoisotopic (exact) mass is 278 g/mol. The maximum Gasteiger partial charge on any atom is 0.142 e. The Kier molecular flexibility index (Phi) is 4.89. The fourth-order valence-corrected chi connectivity index (χ4v) is 2.25. The van der Waals surface area contributed by atoms with Crippen molar-refractivity contribution in [3.05, 3.63) is 23.8 Å². The van der Waals surface area contributed by atoms with Gasteiger partial charge in [-0.25, -0.2) is 0 Å². The van der Waals surface area contributed by atoms with Gasteiger partial charge in [-0.2, -0.15) is 0 Å².